The van der Waals surface area contributed by atoms with Gasteiger partial charge in [0.15, 0.2) is 0 Å². The van der Waals surface area contributed by atoms with Gasteiger partial charge in [-0.05, 0) is 353 Å². The Morgan fingerprint density at radius 1 is 0.281 bits per heavy atom. The number of carbonyl (C=O) groups excluding carboxylic acids is 8. The molecule has 0 saturated heterocycles. The van der Waals surface area contributed by atoms with E-state index < -0.39 is 0 Å². The molecule has 0 radical (unpaired) electrons. The third-order valence-electron chi connectivity index (χ3n) is 35.8. The van der Waals surface area contributed by atoms with Crippen molar-refractivity contribution in [1.29, 1.82) is 0 Å². The molecule has 0 aromatic carbocycles. The monoisotopic (exact) mass is 1780 g/mol. The zero-order chi connectivity index (χ0) is 95.3. The minimum atomic E-state index is -0.324. The first kappa shape index (κ1) is 109. The van der Waals surface area contributed by atoms with Gasteiger partial charge in [0.25, 0.3) is 0 Å². The van der Waals surface area contributed by atoms with E-state index in [1.165, 1.54) is 256 Å². The van der Waals surface area contributed by atoms with Crippen LogP contribution in [0.15, 0.2) is 98.7 Å². The zero-order valence-electron chi connectivity index (χ0n) is 84.4. The molecule has 0 aromatic rings. The van der Waals surface area contributed by atoms with Crippen LogP contribution in [0, 0.1) is 80.8 Å². The van der Waals surface area contributed by atoms with Crippen molar-refractivity contribution in [2.24, 2.45) is 80.8 Å². The standard InChI is InChI=1S/2C18H30O2.C15H24O2.C14H22O2.C12H18O2.2C12H20O2.C11H16O2/c2*1-14(2)17(19)20-18(3,15-10-6-4-7-11-15)16-12-8-5-9-13-16;1-10(2)12(16)17-15(6)9-11-7-8-14(15,5)13(11,3)4;1-6-11(15)16-14(5)9-10-7-8-13(14,4)12(10,2)3;1-8(2)11(13)14-12(3)7-9-4-5-10(12)6-9;1-10(2)11(13)14-12(3)8-6-4-5-7-9-12;1-3-11(13)14-12(2)9-7-5-4-6-8-10-12;1-3-10(12)13-11(2)7-8-4-5-9(11)6-8/h2*15-16H,1,4-13H2,2-3H3;11H,1,7-9H2,2-6H3;6,10H,1,7-9H2,2-5H3;9-10H,1,4-7H2,2-3H3;1,4-9H2,2-3H3;3H,1,4-10H2,2H3;3,8-9H,1,4-7H2,2H3. The molecule has 724 valence electrons. The van der Waals surface area contributed by atoms with E-state index in [2.05, 4.69) is 136 Å². The van der Waals surface area contributed by atoms with Gasteiger partial charge in [-0.15, -0.1) is 0 Å². The minimum Gasteiger partial charge on any atom is -0.456 e. The van der Waals surface area contributed by atoms with Gasteiger partial charge in [-0.25, -0.2) is 38.4 Å². The third-order valence-corrected chi connectivity index (χ3v) is 35.8. The van der Waals surface area contributed by atoms with Crippen LogP contribution in [0.4, 0.5) is 0 Å². The maximum absolute atomic E-state index is 12.1. The second-order valence-corrected chi connectivity index (χ2v) is 45.7. The number of rotatable bonds is 20. The second-order valence-electron chi connectivity index (χ2n) is 45.7. The van der Waals surface area contributed by atoms with Crippen molar-refractivity contribution in [3.05, 3.63) is 98.7 Å². The van der Waals surface area contributed by atoms with E-state index in [4.69, 9.17) is 37.9 Å². The average molecular weight is 1780 g/mol. The number of carbonyl (C=O) groups is 8. The summed E-state index contributed by atoms with van der Waals surface area (Å²) in [5.74, 6) is 4.40. The van der Waals surface area contributed by atoms with E-state index in [1.807, 2.05) is 13.8 Å². The van der Waals surface area contributed by atoms with Crippen LogP contribution in [0.2, 0.25) is 0 Å². The van der Waals surface area contributed by atoms with Crippen LogP contribution >= 0.6 is 0 Å². The van der Waals surface area contributed by atoms with Crippen molar-refractivity contribution in [1.82, 2.24) is 0 Å². The fourth-order valence-corrected chi connectivity index (χ4v) is 26.2. The molecular formula is C112H180O16. The van der Waals surface area contributed by atoms with Crippen molar-refractivity contribution >= 4 is 47.8 Å². The highest BCUT2D eigenvalue weighted by Gasteiger charge is 2.70. The van der Waals surface area contributed by atoms with E-state index in [0.29, 0.717) is 75.2 Å². The Hall–Kier alpha value is -6.32. The Labute approximate surface area is 777 Å². The maximum Gasteiger partial charge on any atom is 0.333 e. The highest BCUT2D eigenvalue weighted by molar-refractivity contribution is 5.89. The van der Waals surface area contributed by atoms with Crippen LogP contribution < -0.4 is 0 Å². The smallest absolute Gasteiger partial charge is 0.333 e. The van der Waals surface area contributed by atoms with Crippen molar-refractivity contribution in [2.75, 3.05) is 0 Å². The van der Waals surface area contributed by atoms with Gasteiger partial charge in [0, 0.05) is 56.9 Å². The van der Waals surface area contributed by atoms with Crippen molar-refractivity contribution in [2.45, 2.75) is 478 Å². The van der Waals surface area contributed by atoms with E-state index in [0.717, 1.165) is 76.0 Å². The van der Waals surface area contributed by atoms with Gasteiger partial charge in [-0.2, -0.15) is 0 Å². The van der Waals surface area contributed by atoms with Crippen LogP contribution in [-0.2, 0) is 76.3 Å². The lowest BCUT2D eigenvalue weighted by Gasteiger charge is -2.46. The summed E-state index contributed by atoms with van der Waals surface area (Å²) < 4.78 is 45.4. The molecule has 14 aliphatic rings. The minimum absolute atomic E-state index is 0.0930. The number of fused-ring (bicyclic) bond motifs is 8. The third kappa shape index (κ3) is 27.3. The van der Waals surface area contributed by atoms with Gasteiger partial charge in [0.2, 0.25) is 0 Å². The Kier molecular flexibility index (Phi) is 39.5. The van der Waals surface area contributed by atoms with Crippen molar-refractivity contribution < 1.29 is 76.3 Å². The lowest BCUT2D eigenvalue weighted by atomic mass is 9.65. The highest BCUT2D eigenvalue weighted by atomic mass is 16.6. The van der Waals surface area contributed by atoms with Crippen LogP contribution in [0.3, 0.4) is 0 Å². The Morgan fingerprint density at radius 2 is 0.547 bits per heavy atom. The molecule has 0 aliphatic heterocycles. The molecule has 16 nitrogen and oxygen atoms in total. The van der Waals surface area contributed by atoms with Gasteiger partial charge in [-0.1, -0.05) is 203 Å². The Morgan fingerprint density at radius 3 is 0.820 bits per heavy atom. The summed E-state index contributed by atoms with van der Waals surface area (Å²) in [6.07, 6.45) is 60.8. The van der Waals surface area contributed by atoms with Crippen LogP contribution in [0.1, 0.15) is 433 Å². The summed E-state index contributed by atoms with van der Waals surface area (Å²) >= 11 is 0. The molecule has 8 bridgehead atoms. The average Bonchev–Trinajstić information content (AvgIpc) is 1.53. The molecular weight excluding hydrogens is 1600 g/mol. The summed E-state index contributed by atoms with van der Waals surface area (Å²) in [6.45, 7) is 68.0. The topological polar surface area (TPSA) is 210 Å². The van der Waals surface area contributed by atoms with E-state index in [9.17, 15) is 38.4 Å². The van der Waals surface area contributed by atoms with Crippen molar-refractivity contribution in [3.8, 4) is 0 Å². The Bertz CT molecular complexity index is 3720. The largest absolute Gasteiger partial charge is 0.456 e. The maximum atomic E-state index is 12.1. The fraction of sp³-hybridized carbons (Fsp3) is 0.786. The second kappa shape index (κ2) is 46.6. The fourth-order valence-electron chi connectivity index (χ4n) is 26.2. The van der Waals surface area contributed by atoms with Crippen LogP contribution in [-0.4, -0.2) is 92.6 Å². The lowest BCUT2D eigenvalue weighted by molar-refractivity contribution is -0.172. The normalized spacial score (nSPS) is 31.5. The summed E-state index contributed by atoms with van der Waals surface area (Å²) in [6, 6.07) is 0. The Balaban J connectivity index is 0.000000201. The molecule has 0 aromatic heterocycles. The molecule has 14 saturated carbocycles. The van der Waals surface area contributed by atoms with Gasteiger partial charge in [0.1, 0.15) is 44.8 Å². The molecule has 14 rings (SSSR count). The summed E-state index contributed by atoms with van der Waals surface area (Å²) in [7, 11) is 0. The number of hydrogen-bond acceptors (Lipinski definition) is 16. The van der Waals surface area contributed by atoms with Crippen LogP contribution in [0.5, 0.6) is 0 Å². The quantitative estimate of drug-likeness (QED) is 0.0480. The van der Waals surface area contributed by atoms with E-state index in [-0.39, 0.29) is 114 Å². The van der Waals surface area contributed by atoms with Gasteiger partial charge in [0.05, 0.1) is 0 Å². The number of ether oxygens (including phenoxy) is 8. The predicted molar refractivity (Wildman–Crippen MR) is 516 cm³/mol. The molecule has 14 fully saturated rings. The SMILES string of the molecule is C=C(C)C(=O)OC(C)(C1CCCCC1)C1CCCCC1.C=C(C)C(=O)OC(C)(C1CCCCC1)C1CCCCC1.C=C(C)C(=O)OC1(C)CC2CCC1(C)C2(C)C.C=C(C)C(=O)OC1(C)CC2CCC1C2.C=C(C)C(=O)OC1(C)CCCCCC1.C=CC(=O)OC1(C)CC2CCC1(C)C2(C)C.C=CC(=O)OC1(C)CC2CCC1C2.C=CC(=O)OC1(C)CCCCCCC1. The van der Waals surface area contributed by atoms with E-state index >= 15 is 0 Å². The van der Waals surface area contributed by atoms with E-state index in [1.54, 1.807) is 34.6 Å². The van der Waals surface area contributed by atoms with Gasteiger partial charge in [-0.3, -0.25) is 0 Å². The van der Waals surface area contributed by atoms with Gasteiger partial charge >= 0.3 is 47.8 Å². The molecule has 0 N–H and O–H groups in total. The molecule has 0 spiro atoms. The summed E-state index contributed by atoms with van der Waals surface area (Å²) in [5.41, 5.74) is 1.24. The number of esters is 8. The first-order chi connectivity index (χ1) is 59.8. The summed E-state index contributed by atoms with van der Waals surface area (Å²) in [4.78, 5) is 92.6. The molecule has 14 aliphatic carbocycles. The molecule has 128 heavy (non-hydrogen) atoms. The predicted octanol–water partition coefficient (Wildman–Crippen LogP) is 28.5. The molecule has 12 unspecified atom stereocenters. The first-order valence-corrected chi connectivity index (χ1v) is 50.8. The van der Waals surface area contributed by atoms with Gasteiger partial charge < -0.3 is 37.9 Å². The molecule has 0 amide bonds. The number of hydrogen-bond donors (Lipinski definition) is 0. The molecule has 12 atom stereocenters. The molecule has 16 heteroatoms. The first-order valence-electron chi connectivity index (χ1n) is 50.8. The lowest BCUT2D eigenvalue weighted by Crippen LogP contribution is -2.48. The van der Waals surface area contributed by atoms with Crippen molar-refractivity contribution in [3.63, 3.8) is 0 Å². The molecule has 0 heterocycles. The van der Waals surface area contributed by atoms with Crippen LogP contribution in [0.25, 0.3) is 0 Å². The zero-order valence-corrected chi connectivity index (χ0v) is 84.4. The summed E-state index contributed by atoms with van der Waals surface area (Å²) in [5, 5.41) is 0. The highest BCUT2D eigenvalue weighted by Crippen LogP contribution is 2.72.